The maximum Gasteiger partial charge on any atom is 0.365 e. The fraction of sp³-hybridized carbons (Fsp3) is 0.158. The van der Waals surface area contributed by atoms with Gasteiger partial charge in [0.25, 0.3) is 0 Å². The molecule has 2 aromatic carbocycles. The Morgan fingerprint density at radius 3 is 2.38 bits per heavy atom. The smallest absolute Gasteiger partial charge is 0.365 e. The van der Waals surface area contributed by atoms with Gasteiger partial charge in [-0.25, -0.2) is 4.79 Å². The van der Waals surface area contributed by atoms with Crippen LogP contribution in [0.4, 0.5) is 0 Å². The van der Waals surface area contributed by atoms with E-state index in [0.29, 0.717) is 10.6 Å². The van der Waals surface area contributed by atoms with E-state index in [9.17, 15) is 9.90 Å². The summed E-state index contributed by atoms with van der Waals surface area (Å²) >= 11 is 5.76. The van der Waals surface area contributed by atoms with E-state index in [2.05, 4.69) is 17.0 Å². The van der Waals surface area contributed by atoms with Crippen LogP contribution in [0.2, 0.25) is 5.02 Å². The first-order valence-corrected chi connectivity index (χ1v) is 7.57. The molecule has 0 aliphatic rings. The van der Waals surface area contributed by atoms with Crippen LogP contribution in [0.1, 0.15) is 35.3 Å². The van der Waals surface area contributed by atoms with Crippen LogP contribution >= 0.6 is 11.6 Å². The van der Waals surface area contributed by atoms with Crippen molar-refractivity contribution in [1.82, 2.24) is 0 Å². The van der Waals surface area contributed by atoms with Crippen LogP contribution in [-0.2, 0) is 4.84 Å². The highest BCUT2D eigenvalue weighted by atomic mass is 35.5. The lowest BCUT2D eigenvalue weighted by atomic mass is 10.1. The van der Waals surface area contributed by atoms with Gasteiger partial charge in [0, 0.05) is 10.6 Å². The molecular weight excluding hydrogens is 326 g/mol. The maximum absolute atomic E-state index is 11.8. The SMILES string of the molecule is CC(C)(O)C#Cc1ccc(/C=N\OC(=O)c2ccc(Cl)cc2)cc1. The molecule has 0 unspecified atom stereocenters. The number of halogens is 1. The minimum Gasteiger partial charge on any atom is -0.378 e. The monoisotopic (exact) mass is 341 g/mol. The molecule has 2 aromatic rings. The van der Waals surface area contributed by atoms with Gasteiger partial charge in [0.15, 0.2) is 0 Å². The van der Waals surface area contributed by atoms with Crippen molar-refractivity contribution in [3.8, 4) is 11.8 Å². The highest BCUT2D eigenvalue weighted by molar-refractivity contribution is 6.30. The van der Waals surface area contributed by atoms with Gasteiger partial charge >= 0.3 is 5.97 Å². The van der Waals surface area contributed by atoms with E-state index in [1.165, 1.54) is 6.21 Å². The third-order valence-electron chi connectivity index (χ3n) is 2.84. The fourth-order valence-electron chi connectivity index (χ4n) is 1.65. The number of nitrogens with zero attached hydrogens (tertiary/aromatic N) is 1. The highest BCUT2D eigenvalue weighted by Gasteiger charge is 2.06. The van der Waals surface area contributed by atoms with Gasteiger partial charge in [0.1, 0.15) is 5.60 Å². The minimum absolute atomic E-state index is 0.369. The Balaban J connectivity index is 1.95. The standard InChI is InChI=1S/C19H16ClNO3/c1-19(2,23)12-11-14-3-5-15(6-4-14)13-21-24-18(22)16-7-9-17(20)10-8-16/h3-10,13,23H,1-2H3/b21-13-. The summed E-state index contributed by atoms with van der Waals surface area (Å²) in [5.41, 5.74) is 0.865. The van der Waals surface area contributed by atoms with Gasteiger partial charge in [-0.3, -0.25) is 0 Å². The summed E-state index contributed by atoms with van der Waals surface area (Å²) in [7, 11) is 0. The summed E-state index contributed by atoms with van der Waals surface area (Å²) in [6, 6.07) is 13.5. The summed E-state index contributed by atoms with van der Waals surface area (Å²) in [6.45, 7) is 3.24. The summed E-state index contributed by atoms with van der Waals surface area (Å²) in [4.78, 5) is 16.6. The number of rotatable bonds is 3. The lowest BCUT2D eigenvalue weighted by Gasteiger charge is -2.05. The second-order valence-electron chi connectivity index (χ2n) is 5.55. The van der Waals surface area contributed by atoms with Gasteiger partial charge in [-0.2, -0.15) is 0 Å². The molecule has 0 radical (unpaired) electrons. The molecule has 0 spiro atoms. The number of oxime groups is 1. The maximum atomic E-state index is 11.8. The molecule has 0 bridgehead atoms. The molecule has 4 nitrogen and oxygen atoms in total. The van der Waals surface area contributed by atoms with E-state index < -0.39 is 11.6 Å². The first-order chi connectivity index (χ1) is 11.3. The Morgan fingerprint density at radius 2 is 1.79 bits per heavy atom. The van der Waals surface area contributed by atoms with Crippen molar-refractivity contribution in [2.75, 3.05) is 0 Å². The van der Waals surface area contributed by atoms with Gasteiger partial charge in [-0.15, -0.1) is 0 Å². The number of carbonyl (C=O) groups is 1. The normalized spacial score (nSPS) is 11.0. The third kappa shape index (κ3) is 5.88. The second-order valence-corrected chi connectivity index (χ2v) is 5.99. The molecule has 0 aromatic heterocycles. The predicted octanol–water partition coefficient (Wildman–Crippen LogP) is 3.65. The van der Waals surface area contributed by atoms with Crippen molar-refractivity contribution in [2.24, 2.45) is 5.16 Å². The zero-order chi connectivity index (χ0) is 17.6. The Hall–Kier alpha value is -2.61. The molecule has 5 heteroatoms. The Labute approximate surface area is 145 Å². The van der Waals surface area contributed by atoms with Crippen LogP contribution in [0.5, 0.6) is 0 Å². The molecule has 0 fully saturated rings. The van der Waals surface area contributed by atoms with Crippen LogP contribution in [0, 0.1) is 11.8 Å². The van der Waals surface area contributed by atoms with Crippen LogP contribution in [-0.4, -0.2) is 22.9 Å². The van der Waals surface area contributed by atoms with Gasteiger partial charge in [0.2, 0.25) is 0 Å². The zero-order valence-electron chi connectivity index (χ0n) is 13.3. The fourth-order valence-corrected chi connectivity index (χ4v) is 1.78. The van der Waals surface area contributed by atoms with E-state index >= 15 is 0 Å². The molecule has 0 saturated heterocycles. The molecule has 0 atom stereocenters. The lowest BCUT2D eigenvalue weighted by Crippen LogP contribution is -2.14. The van der Waals surface area contributed by atoms with Crippen molar-refractivity contribution in [3.63, 3.8) is 0 Å². The summed E-state index contributed by atoms with van der Waals surface area (Å²) in [6.07, 6.45) is 1.43. The largest absolute Gasteiger partial charge is 0.378 e. The number of aliphatic hydroxyl groups is 1. The van der Waals surface area contributed by atoms with Crippen LogP contribution < -0.4 is 0 Å². The number of hydrogen-bond acceptors (Lipinski definition) is 4. The van der Waals surface area contributed by atoms with Crippen LogP contribution in [0.3, 0.4) is 0 Å². The van der Waals surface area contributed by atoms with Crippen molar-refractivity contribution in [1.29, 1.82) is 0 Å². The average Bonchev–Trinajstić information content (AvgIpc) is 2.54. The molecule has 1 N–H and O–H groups in total. The number of benzene rings is 2. The summed E-state index contributed by atoms with van der Waals surface area (Å²) in [5.74, 6) is 5.04. The van der Waals surface area contributed by atoms with Crippen molar-refractivity contribution >= 4 is 23.8 Å². The Bertz CT molecular complexity index is 792. The first-order valence-electron chi connectivity index (χ1n) is 7.19. The van der Waals surface area contributed by atoms with Crippen molar-refractivity contribution in [3.05, 3.63) is 70.2 Å². The van der Waals surface area contributed by atoms with E-state index in [1.807, 2.05) is 0 Å². The van der Waals surface area contributed by atoms with Gasteiger partial charge in [-0.05, 0) is 55.8 Å². The lowest BCUT2D eigenvalue weighted by molar-refractivity contribution is 0.0519. The number of carbonyl (C=O) groups excluding carboxylic acids is 1. The number of hydrogen-bond donors (Lipinski definition) is 1. The Kier molecular flexibility index (Phi) is 5.75. The molecule has 122 valence electrons. The summed E-state index contributed by atoms with van der Waals surface area (Å²) in [5, 5.41) is 13.8. The van der Waals surface area contributed by atoms with E-state index in [-0.39, 0.29) is 0 Å². The molecule has 0 heterocycles. The molecule has 2 rings (SSSR count). The molecule has 24 heavy (non-hydrogen) atoms. The van der Waals surface area contributed by atoms with Crippen molar-refractivity contribution in [2.45, 2.75) is 19.4 Å². The van der Waals surface area contributed by atoms with Gasteiger partial charge in [-0.1, -0.05) is 40.7 Å². The zero-order valence-corrected chi connectivity index (χ0v) is 14.0. The van der Waals surface area contributed by atoms with E-state index in [1.54, 1.807) is 62.4 Å². The molecule has 0 saturated carbocycles. The topological polar surface area (TPSA) is 58.9 Å². The molecule has 0 aliphatic heterocycles. The van der Waals surface area contributed by atoms with E-state index in [0.717, 1.165) is 11.1 Å². The minimum atomic E-state index is -1.03. The molecule has 0 amide bonds. The first kappa shape index (κ1) is 17.7. The second kappa shape index (κ2) is 7.78. The highest BCUT2D eigenvalue weighted by Crippen LogP contribution is 2.10. The van der Waals surface area contributed by atoms with Gasteiger partial charge in [0.05, 0.1) is 11.8 Å². The van der Waals surface area contributed by atoms with Crippen LogP contribution in [0.25, 0.3) is 0 Å². The molecular formula is C19H16ClNO3. The van der Waals surface area contributed by atoms with Gasteiger partial charge < -0.3 is 9.94 Å². The van der Waals surface area contributed by atoms with Crippen molar-refractivity contribution < 1.29 is 14.7 Å². The van der Waals surface area contributed by atoms with Crippen LogP contribution in [0.15, 0.2) is 53.7 Å². The quantitative estimate of drug-likeness (QED) is 0.401. The van der Waals surface area contributed by atoms with E-state index in [4.69, 9.17) is 16.4 Å². The molecule has 0 aliphatic carbocycles. The predicted molar refractivity (Wildman–Crippen MR) is 94.1 cm³/mol. The Morgan fingerprint density at radius 1 is 1.17 bits per heavy atom. The third-order valence-corrected chi connectivity index (χ3v) is 3.09. The average molecular weight is 342 g/mol. The summed E-state index contributed by atoms with van der Waals surface area (Å²) < 4.78 is 0.